The third-order valence-electron chi connectivity index (χ3n) is 1.61. The number of nitro benzene ring substituents is 1. The number of allylic oxidation sites excluding steroid dienone is 1. The standard InChI is InChI=1S/C9H6BrNO3/c1-2-9(12)6-3-4-8(11(13)14)7(10)5-6/h2-5H,1H2. The van der Waals surface area contributed by atoms with E-state index in [0.717, 1.165) is 6.08 Å². The molecule has 14 heavy (non-hydrogen) atoms. The molecule has 0 spiro atoms. The predicted molar refractivity (Wildman–Crippen MR) is 55.3 cm³/mol. The number of hydrogen-bond acceptors (Lipinski definition) is 3. The number of nitrogens with zero attached hydrogens (tertiary/aromatic N) is 1. The number of hydrogen-bond donors (Lipinski definition) is 0. The zero-order valence-corrected chi connectivity index (χ0v) is 8.65. The molecule has 0 bridgehead atoms. The highest BCUT2D eigenvalue weighted by atomic mass is 79.9. The van der Waals surface area contributed by atoms with E-state index in [0.29, 0.717) is 5.56 Å². The molecule has 0 aliphatic carbocycles. The van der Waals surface area contributed by atoms with E-state index in [1.54, 1.807) is 0 Å². The highest BCUT2D eigenvalue weighted by Crippen LogP contribution is 2.25. The molecule has 4 nitrogen and oxygen atoms in total. The molecule has 0 heterocycles. The molecule has 0 radical (unpaired) electrons. The lowest BCUT2D eigenvalue weighted by Crippen LogP contribution is -1.95. The van der Waals surface area contributed by atoms with Crippen molar-refractivity contribution < 1.29 is 9.72 Å². The highest BCUT2D eigenvalue weighted by molar-refractivity contribution is 9.10. The summed E-state index contributed by atoms with van der Waals surface area (Å²) in [4.78, 5) is 21.1. The molecule has 72 valence electrons. The first-order valence-electron chi connectivity index (χ1n) is 3.67. The van der Waals surface area contributed by atoms with E-state index in [4.69, 9.17) is 0 Å². The summed E-state index contributed by atoms with van der Waals surface area (Å²) in [6.07, 6.45) is 1.16. The van der Waals surface area contributed by atoms with Gasteiger partial charge in [0.2, 0.25) is 0 Å². The number of halogens is 1. The van der Waals surface area contributed by atoms with Gasteiger partial charge in [-0.2, -0.15) is 0 Å². The summed E-state index contributed by atoms with van der Waals surface area (Å²) in [7, 11) is 0. The second kappa shape index (κ2) is 4.15. The molecule has 0 aliphatic rings. The lowest BCUT2D eigenvalue weighted by molar-refractivity contribution is -0.385. The molecule has 1 aromatic rings. The molecule has 1 rings (SSSR count). The summed E-state index contributed by atoms with van der Waals surface area (Å²) in [5.74, 6) is -0.263. The third kappa shape index (κ3) is 2.05. The predicted octanol–water partition coefficient (Wildman–Crippen LogP) is 2.73. The van der Waals surface area contributed by atoms with E-state index in [-0.39, 0.29) is 15.9 Å². The van der Waals surface area contributed by atoms with Crippen LogP contribution < -0.4 is 0 Å². The van der Waals surface area contributed by atoms with Gasteiger partial charge in [-0.25, -0.2) is 0 Å². The maximum atomic E-state index is 11.1. The van der Waals surface area contributed by atoms with E-state index in [1.807, 2.05) is 0 Å². The maximum Gasteiger partial charge on any atom is 0.283 e. The zero-order chi connectivity index (χ0) is 10.7. The molecule has 0 amide bonds. The topological polar surface area (TPSA) is 60.2 Å². The first-order chi connectivity index (χ1) is 6.56. The summed E-state index contributed by atoms with van der Waals surface area (Å²) in [5.41, 5.74) is 0.308. The van der Waals surface area contributed by atoms with Crippen LogP contribution in [-0.4, -0.2) is 10.7 Å². The Morgan fingerprint density at radius 3 is 2.64 bits per heavy atom. The Kier molecular flexibility index (Phi) is 3.14. The lowest BCUT2D eigenvalue weighted by atomic mass is 10.1. The summed E-state index contributed by atoms with van der Waals surface area (Å²) >= 11 is 3.02. The van der Waals surface area contributed by atoms with Crippen LogP contribution in [0, 0.1) is 10.1 Å². The van der Waals surface area contributed by atoms with Gasteiger partial charge in [0.15, 0.2) is 5.78 Å². The Morgan fingerprint density at radius 1 is 1.57 bits per heavy atom. The highest BCUT2D eigenvalue weighted by Gasteiger charge is 2.13. The second-order valence-electron chi connectivity index (χ2n) is 2.49. The number of carbonyl (C=O) groups excluding carboxylic acids is 1. The van der Waals surface area contributed by atoms with Gasteiger partial charge in [0.25, 0.3) is 5.69 Å². The van der Waals surface area contributed by atoms with E-state index in [1.165, 1.54) is 18.2 Å². The van der Waals surface area contributed by atoms with Crippen molar-refractivity contribution in [1.82, 2.24) is 0 Å². The third-order valence-corrected chi connectivity index (χ3v) is 2.25. The quantitative estimate of drug-likeness (QED) is 0.361. The van der Waals surface area contributed by atoms with E-state index >= 15 is 0 Å². The molecule has 0 N–H and O–H groups in total. The molecule has 0 fully saturated rings. The van der Waals surface area contributed by atoms with Gasteiger partial charge in [-0.15, -0.1) is 0 Å². The Balaban J connectivity index is 3.19. The van der Waals surface area contributed by atoms with Crippen molar-refractivity contribution in [1.29, 1.82) is 0 Å². The fraction of sp³-hybridized carbons (Fsp3) is 0. The number of rotatable bonds is 3. The van der Waals surface area contributed by atoms with Crippen molar-refractivity contribution in [2.24, 2.45) is 0 Å². The molecule has 1 aromatic carbocycles. The number of nitro groups is 1. The molecule has 0 aliphatic heterocycles. The Hall–Kier alpha value is -1.49. The van der Waals surface area contributed by atoms with Gasteiger partial charge in [-0.05, 0) is 34.1 Å². The molecule has 0 unspecified atom stereocenters. The van der Waals surface area contributed by atoms with Crippen molar-refractivity contribution in [3.8, 4) is 0 Å². The van der Waals surface area contributed by atoms with Gasteiger partial charge in [0.05, 0.1) is 9.40 Å². The first kappa shape index (κ1) is 10.6. The second-order valence-corrected chi connectivity index (χ2v) is 3.35. The zero-order valence-electron chi connectivity index (χ0n) is 7.07. The Morgan fingerprint density at radius 2 is 2.21 bits per heavy atom. The normalized spacial score (nSPS) is 9.50. The molecule has 0 aromatic heterocycles. The van der Waals surface area contributed by atoms with Crippen LogP contribution in [0.15, 0.2) is 35.3 Å². The lowest BCUT2D eigenvalue weighted by Gasteiger charge is -1.98. The minimum absolute atomic E-state index is 0.0642. The van der Waals surface area contributed by atoms with Crippen LogP contribution in [0.2, 0.25) is 0 Å². The molecular weight excluding hydrogens is 250 g/mol. The van der Waals surface area contributed by atoms with E-state index < -0.39 is 4.92 Å². The largest absolute Gasteiger partial charge is 0.289 e. The van der Waals surface area contributed by atoms with Crippen molar-refractivity contribution >= 4 is 27.4 Å². The van der Waals surface area contributed by atoms with Gasteiger partial charge >= 0.3 is 0 Å². The van der Waals surface area contributed by atoms with Gasteiger partial charge in [-0.3, -0.25) is 14.9 Å². The van der Waals surface area contributed by atoms with Crippen LogP contribution in [0.3, 0.4) is 0 Å². The van der Waals surface area contributed by atoms with E-state index in [2.05, 4.69) is 22.5 Å². The monoisotopic (exact) mass is 255 g/mol. The minimum atomic E-state index is -0.522. The van der Waals surface area contributed by atoms with E-state index in [9.17, 15) is 14.9 Å². The Labute approximate surface area is 88.5 Å². The van der Waals surface area contributed by atoms with Gasteiger partial charge in [0.1, 0.15) is 0 Å². The van der Waals surface area contributed by atoms with Crippen LogP contribution in [-0.2, 0) is 0 Å². The average Bonchev–Trinajstić information content (AvgIpc) is 2.15. The van der Waals surface area contributed by atoms with Crippen molar-refractivity contribution in [3.05, 3.63) is 51.0 Å². The van der Waals surface area contributed by atoms with Crippen LogP contribution >= 0.6 is 15.9 Å². The summed E-state index contributed by atoms with van der Waals surface area (Å²) < 4.78 is 0.287. The number of carbonyl (C=O) groups is 1. The van der Waals surface area contributed by atoms with Crippen LogP contribution in [0.4, 0.5) is 5.69 Å². The van der Waals surface area contributed by atoms with Crippen LogP contribution in [0.5, 0.6) is 0 Å². The molecule has 0 saturated carbocycles. The minimum Gasteiger partial charge on any atom is -0.289 e. The molecule has 0 atom stereocenters. The van der Waals surface area contributed by atoms with Gasteiger partial charge in [0, 0.05) is 11.6 Å². The van der Waals surface area contributed by atoms with Gasteiger partial charge < -0.3 is 0 Å². The van der Waals surface area contributed by atoms with Crippen molar-refractivity contribution in [3.63, 3.8) is 0 Å². The van der Waals surface area contributed by atoms with Crippen LogP contribution in [0.25, 0.3) is 0 Å². The molecule has 5 heteroatoms. The summed E-state index contributed by atoms with van der Waals surface area (Å²) in [5, 5.41) is 10.4. The fourth-order valence-electron chi connectivity index (χ4n) is 0.926. The Bertz CT molecular complexity index is 415. The van der Waals surface area contributed by atoms with Crippen molar-refractivity contribution in [2.45, 2.75) is 0 Å². The first-order valence-corrected chi connectivity index (χ1v) is 4.46. The van der Waals surface area contributed by atoms with Gasteiger partial charge in [-0.1, -0.05) is 6.58 Å². The smallest absolute Gasteiger partial charge is 0.283 e. The number of benzene rings is 1. The van der Waals surface area contributed by atoms with Crippen LogP contribution in [0.1, 0.15) is 10.4 Å². The van der Waals surface area contributed by atoms with Crippen molar-refractivity contribution in [2.75, 3.05) is 0 Å². The SMILES string of the molecule is C=CC(=O)c1ccc([N+](=O)[O-])c(Br)c1. The number of ketones is 1. The molecule has 0 saturated heterocycles. The fourth-order valence-corrected chi connectivity index (χ4v) is 1.45. The summed E-state index contributed by atoms with van der Waals surface area (Å²) in [6.45, 7) is 3.33. The maximum absolute atomic E-state index is 11.1. The molecular formula is C9H6BrNO3. The summed E-state index contributed by atoms with van der Waals surface area (Å²) in [6, 6.07) is 4.08. The average molecular weight is 256 g/mol.